The smallest absolute Gasteiger partial charge is 0.326 e. The number of thioether (sulfide) groups is 1. The van der Waals surface area contributed by atoms with Gasteiger partial charge in [0.25, 0.3) is 0 Å². The van der Waals surface area contributed by atoms with Crippen LogP contribution in [0, 0.1) is 5.92 Å². The van der Waals surface area contributed by atoms with Crippen molar-refractivity contribution in [2.45, 2.75) is 63.7 Å². The van der Waals surface area contributed by atoms with Crippen LogP contribution in [0.5, 0.6) is 0 Å². The first kappa shape index (κ1) is 30.1. The number of rotatable bonds is 16. The van der Waals surface area contributed by atoms with Crippen LogP contribution in [0.4, 0.5) is 0 Å². The van der Waals surface area contributed by atoms with Gasteiger partial charge in [0.05, 0.1) is 18.9 Å². The first-order valence-electron chi connectivity index (χ1n) is 10.2. The van der Waals surface area contributed by atoms with Gasteiger partial charge >= 0.3 is 11.9 Å². The fraction of sp³-hybridized carbons (Fsp3) is 0.684. The third kappa shape index (κ3) is 11.5. The molecule has 0 heterocycles. The summed E-state index contributed by atoms with van der Waals surface area (Å²) in [6.45, 7) is 3.42. The molecule has 33 heavy (non-hydrogen) atoms. The molecule has 5 atom stereocenters. The SMILES string of the molecule is CCC(C)C(NC(=O)C(CCSC)NC(=O)C(CC(=O)O)NC(=O)C(N)CC(N)=O)C(=O)O. The van der Waals surface area contributed by atoms with E-state index in [9.17, 15) is 33.9 Å². The molecule has 9 N–H and O–H groups in total. The topological polar surface area (TPSA) is 231 Å². The van der Waals surface area contributed by atoms with Gasteiger partial charge in [0.15, 0.2) is 0 Å². The Balaban J connectivity index is 5.53. The van der Waals surface area contributed by atoms with Gasteiger partial charge in [-0.1, -0.05) is 20.3 Å². The molecule has 0 saturated carbocycles. The highest BCUT2D eigenvalue weighted by Crippen LogP contribution is 2.10. The number of nitrogens with one attached hydrogen (secondary N) is 3. The lowest BCUT2D eigenvalue weighted by Gasteiger charge is -2.26. The summed E-state index contributed by atoms with van der Waals surface area (Å²) in [4.78, 5) is 71.2. The molecule has 0 aromatic rings. The van der Waals surface area contributed by atoms with E-state index in [4.69, 9.17) is 16.6 Å². The first-order valence-corrected chi connectivity index (χ1v) is 11.6. The highest BCUT2D eigenvalue weighted by Gasteiger charge is 2.32. The Kier molecular flexibility index (Phi) is 13.7. The molecule has 0 saturated heterocycles. The molecule has 0 aromatic carbocycles. The van der Waals surface area contributed by atoms with Crippen molar-refractivity contribution in [1.29, 1.82) is 0 Å². The Morgan fingerprint density at radius 2 is 1.45 bits per heavy atom. The number of aliphatic carboxylic acids is 2. The largest absolute Gasteiger partial charge is 0.481 e. The summed E-state index contributed by atoms with van der Waals surface area (Å²) in [6.07, 6.45) is 1.04. The van der Waals surface area contributed by atoms with Crippen molar-refractivity contribution >= 4 is 47.3 Å². The van der Waals surface area contributed by atoms with Gasteiger partial charge in [0, 0.05) is 0 Å². The zero-order valence-corrected chi connectivity index (χ0v) is 19.6. The molecule has 13 nitrogen and oxygen atoms in total. The maximum absolute atomic E-state index is 12.7. The number of carboxylic acid groups (broad SMARTS) is 2. The van der Waals surface area contributed by atoms with E-state index < -0.39 is 72.6 Å². The summed E-state index contributed by atoms with van der Waals surface area (Å²) in [5.41, 5.74) is 10.5. The van der Waals surface area contributed by atoms with E-state index in [0.717, 1.165) is 0 Å². The minimum atomic E-state index is -1.59. The summed E-state index contributed by atoms with van der Waals surface area (Å²) in [5.74, 6) is -6.15. The third-order valence-electron chi connectivity index (χ3n) is 4.79. The number of hydrogen-bond donors (Lipinski definition) is 7. The van der Waals surface area contributed by atoms with Gasteiger partial charge in [-0.3, -0.25) is 24.0 Å². The van der Waals surface area contributed by atoms with Crippen molar-refractivity contribution in [3.05, 3.63) is 0 Å². The van der Waals surface area contributed by atoms with E-state index >= 15 is 0 Å². The average Bonchev–Trinajstić information content (AvgIpc) is 2.72. The van der Waals surface area contributed by atoms with Gasteiger partial charge in [-0.05, 0) is 24.3 Å². The van der Waals surface area contributed by atoms with Crippen LogP contribution in [0.3, 0.4) is 0 Å². The lowest BCUT2D eigenvalue weighted by atomic mass is 9.98. The van der Waals surface area contributed by atoms with Crippen LogP contribution in [0.2, 0.25) is 0 Å². The van der Waals surface area contributed by atoms with Gasteiger partial charge in [-0.15, -0.1) is 0 Å². The van der Waals surface area contributed by atoms with Gasteiger partial charge < -0.3 is 37.6 Å². The normalized spacial score (nSPS) is 15.3. The molecule has 0 spiro atoms. The van der Waals surface area contributed by atoms with Crippen molar-refractivity contribution in [3.8, 4) is 0 Å². The van der Waals surface area contributed by atoms with Crippen LogP contribution < -0.4 is 27.4 Å². The number of primary amides is 1. The van der Waals surface area contributed by atoms with Gasteiger partial charge in [-0.25, -0.2) is 4.79 Å². The van der Waals surface area contributed by atoms with Crippen LogP contribution >= 0.6 is 11.8 Å². The second kappa shape index (κ2) is 15.1. The fourth-order valence-electron chi connectivity index (χ4n) is 2.69. The zero-order valence-electron chi connectivity index (χ0n) is 18.8. The minimum absolute atomic E-state index is 0.126. The maximum Gasteiger partial charge on any atom is 0.326 e. The first-order chi connectivity index (χ1) is 15.3. The summed E-state index contributed by atoms with van der Waals surface area (Å²) in [6, 6.07) is -5.35. The van der Waals surface area contributed by atoms with Crippen molar-refractivity contribution < 1.29 is 39.0 Å². The number of hydrogen-bond acceptors (Lipinski definition) is 8. The molecule has 0 bridgehead atoms. The molecule has 0 aliphatic carbocycles. The van der Waals surface area contributed by atoms with E-state index in [1.165, 1.54) is 11.8 Å². The molecule has 14 heteroatoms. The molecule has 0 fully saturated rings. The minimum Gasteiger partial charge on any atom is -0.481 e. The quantitative estimate of drug-likeness (QED) is 0.125. The number of amides is 4. The van der Waals surface area contributed by atoms with E-state index in [1.54, 1.807) is 20.1 Å². The van der Waals surface area contributed by atoms with Crippen LogP contribution in [0.25, 0.3) is 0 Å². The Bertz CT molecular complexity index is 735. The summed E-state index contributed by atoms with van der Waals surface area (Å²) in [5, 5.41) is 25.4. The zero-order chi connectivity index (χ0) is 25.7. The molecule has 0 aliphatic heterocycles. The Hall–Kier alpha value is -2.87. The van der Waals surface area contributed by atoms with Gasteiger partial charge in [0.2, 0.25) is 23.6 Å². The summed E-state index contributed by atoms with van der Waals surface area (Å²) < 4.78 is 0. The monoisotopic (exact) mass is 491 g/mol. The number of carbonyl (C=O) groups is 6. The molecular weight excluding hydrogens is 458 g/mol. The van der Waals surface area contributed by atoms with E-state index in [1.807, 2.05) is 0 Å². The van der Waals surface area contributed by atoms with E-state index in [-0.39, 0.29) is 12.3 Å². The van der Waals surface area contributed by atoms with Gasteiger partial charge in [0.1, 0.15) is 18.1 Å². The summed E-state index contributed by atoms with van der Waals surface area (Å²) >= 11 is 1.38. The molecule has 4 amide bonds. The van der Waals surface area contributed by atoms with Crippen LogP contribution in [-0.4, -0.2) is 82.0 Å². The van der Waals surface area contributed by atoms with Crippen molar-refractivity contribution in [1.82, 2.24) is 16.0 Å². The predicted molar refractivity (Wildman–Crippen MR) is 120 cm³/mol. The molecular formula is C19H33N5O8S. The molecule has 0 aliphatic rings. The van der Waals surface area contributed by atoms with Crippen LogP contribution in [-0.2, 0) is 28.8 Å². The number of nitrogens with two attached hydrogens (primary N) is 2. The summed E-state index contributed by atoms with van der Waals surface area (Å²) in [7, 11) is 0. The fourth-order valence-corrected chi connectivity index (χ4v) is 3.16. The second-order valence-electron chi connectivity index (χ2n) is 7.49. The third-order valence-corrected chi connectivity index (χ3v) is 5.43. The lowest BCUT2D eigenvalue weighted by molar-refractivity contribution is -0.144. The standard InChI is InChI=1S/C19H33N5O8S/c1-4-9(2)15(19(31)32)24-17(29)11(5-6-33-3)22-18(30)12(8-14(26)27)23-16(28)10(20)7-13(21)25/h9-12,15H,4-8,20H2,1-3H3,(H2,21,25)(H,22,30)(H,23,28)(H,24,29)(H,26,27)(H,31,32). The molecule has 0 rings (SSSR count). The molecule has 0 radical (unpaired) electrons. The molecule has 5 unspecified atom stereocenters. The Labute approximate surface area is 195 Å². The van der Waals surface area contributed by atoms with Crippen LogP contribution in [0.15, 0.2) is 0 Å². The average molecular weight is 492 g/mol. The van der Waals surface area contributed by atoms with Gasteiger partial charge in [-0.2, -0.15) is 11.8 Å². The van der Waals surface area contributed by atoms with E-state index in [2.05, 4.69) is 16.0 Å². The maximum atomic E-state index is 12.7. The van der Waals surface area contributed by atoms with E-state index in [0.29, 0.717) is 12.2 Å². The molecule has 0 aromatic heterocycles. The number of carboxylic acids is 2. The second-order valence-corrected chi connectivity index (χ2v) is 8.47. The van der Waals surface area contributed by atoms with Crippen molar-refractivity contribution in [2.75, 3.05) is 12.0 Å². The van der Waals surface area contributed by atoms with Crippen molar-refractivity contribution in [3.63, 3.8) is 0 Å². The Morgan fingerprint density at radius 1 is 0.909 bits per heavy atom. The highest BCUT2D eigenvalue weighted by molar-refractivity contribution is 7.98. The van der Waals surface area contributed by atoms with Crippen LogP contribution in [0.1, 0.15) is 39.5 Å². The highest BCUT2D eigenvalue weighted by atomic mass is 32.2. The molecule has 188 valence electrons. The van der Waals surface area contributed by atoms with Crippen molar-refractivity contribution in [2.24, 2.45) is 17.4 Å². The predicted octanol–water partition coefficient (Wildman–Crippen LogP) is -2.00. The Morgan fingerprint density at radius 3 is 1.91 bits per heavy atom. The number of carbonyl (C=O) groups excluding carboxylic acids is 4. The lowest BCUT2D eigenvalue weighted by Crippen LogP contribution is -2.58.